The van der Waals surface area contributed by atoms with Crippen LogP contribution < -0.4 is 5.32 Å². The molecule has 1 saturated heterocycles. The van der Waals surface area contributed by atoms with Crippen molar-refractivity contribution in [1.29, 1.82) is 0 Å². The van der Waals surface area contributed by atoms with Crippen LogP contribution >= 0.6 is 0 Å². The van der Waals surface area contributed by atoms with Crippen molar-refractivity contribution in [1.82, 2.24) is 10.2 Å². The normalized spacial score (nSPS) is 24.8. The van der Waals surface area contributed by atoms with Gasteiger partial charge in [-0.15, -0.1) is 0 Å². The maximum absolute atomic E-state index is 11.9. The molecule has 0 aliphatic carbocycles. The van der Waals surface area contributed by atoms with E-state index in [1.807, 2.05) is 11.8 Å². The van der Waals surface area contributed by atoms with Gasteiger partial charge in [0.1, 0.15) is 6.10 Å². The van der Waals surface area contributed by atoms with Gasteiger partial charge in [-0.25, -0.2) is 0 Å². The predicted molar refractivity (Wildman–Crippen MR) is 55.1 cm³/mol. The average molecular weight is 200 g/mol. The standard InChI is InChI=1S/C10H20N2O2/c1-4-9(14-3)10(13)12-6-5-11-7-8(12)2/h8-9,11H,4-7H2,1-3H3/t8-,9?/m0/s1. The van der Waals surface area contributed by atoms with Crippen LogP contribution in [0.15, 0.2) is 0 Å². The van der Waals surface area contributed by atoms with Crippen molar-refractivity contribution in [3.8, 4) is 0 Å². The highest BCUT2D eigenvalue weighted by Crippen LogP contribution is 2.08. The van der Waals surface area contributed by atoms with Gasteiger partial charge < -0.3 is 15.0 Å². The molecule has 1 fully saturated rings. The number of carbonyl (C=O) groups excluding carboxylic acids is 1. The lowest BCUT2D eigenvalue weighted by atomic mass is 10.1. The third-order valence-corrected chi connectivity index (χ3v) is 2.72. The summed E-state index contributed by atoms with van der Waals surface area (Å²) in [6.07, 6.45) is 0.474. The molecule has 4 heteroatoms. The van der Waals surface area contributed by atoms with Gasteiger partial charge in [-0.2, -0.15) is 0 Å². The summed E-state index contributed by atoms with van der Waals surface area (Å²) in [5, 5.41) is 3.26. The van der Waals surface area contributed by atoms with Crippen LogP contribution in [-0.2, 0) is 9.53 Å². The van der Waals surface area contributed by atoms with Crippen LogP contribution in [0.4, 0.5) is 0 Å². The maximum atomic E-state index is 11.9. The summed E-state index contributed by atoms with van der Waals surface area (Å²) in [7, 11) is 1.60. The Morgan fingerprint density at radius 3 is 2.93 bits per heavy atom. The zero-order valence-corrected chi connectivity index (χ0v) is 9.25. The van der Waals surface area contributed by atoms with Crippen LogP contribution in [0, 0.1) is 0 Å². The fourth-order valence-corrected chi connectivity index (χ4v) is 1.80. The fraction of sp³-hybridized carbons (Fsp3) is 0.900. The molecule has 14 heavy (non-hydrogen) atoms. The summed E-state index contributed by atoms with van der Waals surface area (Å²) < 4.78 is 5.15. The molecule has 1 amide bonds. The smallest absolute Gasteiger partial charge is 0.251 e. The number of methoxy groups -OCH3 is 1. The Morgan fingerprint density at radius 1 is 1.71 bits per heavy atom. The van der Waals surface area contributed by atoms with Gasteiger partial charge >= 0.3 is 0 Å². The number of piperazine rings is 1. The molecule has 2 atom stereocenters. The third-order valence-electron chi connectivity index (χ3n) is 2.72. The van der Waals surface area contributed by atoms with Crippen LogP contribution in [0.2, 0.25) is 0 Å². The predicted octanol–water partition coefficient (Wildman–Crippen LogP) is 0.232. The van der Waals surface area contributed by atoms with Gasteiger partial charge in [-0.1, -0.05) is 6.92 Å². The van der Waals surface area contributed by atoms with Crippen LogP contribution in [0.5, 0.6) is 0 Å². The lowest BCUT2D eigenvalue weighted by Gasteiger charge is -2.35. The van der Waals surface area contributed by atoms with E-state index in [9.17, 15) is 4.79 Å². The van der Waals surface area contributed by atoms with E-state index in [-0.39, 0.29) is 18.1 Å². The summed E-state index contributed by atoms with van der Waals surface area (Å²) in [6, 6.07) is 0.278. The zero-order valence-electron chi connectivity index (χ0n) is 9.25. The van der Waals surface area contributed by atoms with Crippen molar-refractivity contribution >= 4 is 5.91 Å². The van der Waals surface area contributed by atoms with Crippen LogP contribution in [-0.4, -0.2) is 49.7 Å². The van der Waals surface area contributed by atoms with Crippen LogP contribution in [0.3, 0.4) is 0 Å². The Bertz CT molecular complexity index is 193. The summed E-state index contributed by atoms with van der Waals surface area (Å²) >= 11 is 0. The van der Waals surface area contributed by atoms with Gasteiger partial charge in [-0.05, 0) is 13.3 Å². The summed E-state index contributed by atoms with van der Waals surface area (Å²) in [5.74, 6) is 0.129. The highest BCUT2D eigenvalue weighted by Gasteiger charge is 2.27. The first-order valence-electron chi connectivity index (χ1n) is 5.24. The minimum atomic E-state index is -0.268. The maximum Gasteiger partial charge on any atom is 0.251 e. The zero-order chi connectivity index (χ0) is 10.6. The number of rotatable bonds is 3. The van der Waals surface area contributed by atoms with Crippen molar-refractivity contribution in [2.24, 2.45) is 0 Å². The molecule has 0 spiro atoms. The molecule has 1 heterocycles. The van der Waals surface area contributed by atoms with Gasteiger partial charge in [0, 0.05) is 32.8 Å². The Morgan fingerprint density at radius 2 is 2.43 bits per heavy atom. The van der Waals surface area contributed by atoms with Gasteiger partial charge in [-0.3, -0.25) is 4.79 Å². The Balaban J connectivity index is 2.57. The minimum absolute atomic E-state index is 0.129. The number of amides is 1. The van der Waals surface area contributed by atoms with Gasteiger partial charge in [0.25, 0.3) is 5.91 Å². The van der Waals surface area contributed by atoms with E-state index in [4.69, 9.17) is 4.74 Å². The number of nitrogens with one attached hydrogen (secondary N) is 1. The van der Waals surface area contributed by atoms with E-state index >= 15 is 0 Å². The molecular weight excluding hydrogens is 180 g/mol. The SMILES string of the molecule is CCC(OC)C(=O)N1CCNC[C@@H]1C. The van der Waals surface area contributed by atoms with Crippen molar-refractivity contribution in [3.05, 3.63) is 0 Å². The quantitative estimate of drug-likeness (QED) is 0.709. The molecule has 1 aliphatic heterocycles. The lowest BCUT2D eigenvalue weighted by molar-refractivity contribution is -0.145. The molecule has 4 nitrogen and oxygen atoms in total. The number of hydrogen-bond acceptors (Lipinski definition) is 3. The molecular formula is C10H20N2O2. The highest BCUT2D eigenvalue weighted by molar-refractivity contribution is 5.81. The fourth-order valence-electron chi connectivity index (χ4n) is 1.80. The van der Waals surface area contributed by atoms with Crippen molar-refractivity contribution in [2.75, 3.05) is 26.7 Å². The van der Waals surface area contributed by atoms with E-state index in [0.29, 0.717) is 0 Å². The molecule has 0 aromatic heterocycles. The third kappa shape index (κ3) is 2.45. The minimum Gasteiger partial charge on any atom is -0.372 e. The van der Waals surface area contributed by atoms with E-state index < -0.39 is 0 Å². The molecule has 82 valence electrons. The number of nitrogens with zero attached hydrogens (tertiary/aromatic N) is 1. The summed E-state index contributed by atoms with van der Waals surface area (Å²) in [5.41, 5.74) is 0. The Hall–Kier alpha value is -0.610. The second-order valence-corrected chi connectivity index (χ2v) is 3.72. The first-order valence-corrected chi connectivity index (χ1v) is 5.24. The van der Waals surface area contributed by atoms with Crippen molar-refractivity contribution in [3.63, 3.8) is 0 Å². The van der Waals surface area contributed by atoms with E-state index in [1.165, 1.54) is 0 Å². The van der Waals surface area contributed by atoms with Crippen LogP contribution in [0.25, 0.3) is 0 Å². The first kappa shape index (κ1) is 11.5. The van der Waals surface area contributed by atoms with E-state index in [0.717, 1.165) is 26.1 Å². The highest BCUT2D eigenvalue weighted by atomic mass is 16.5. The van der Waals surface area contributed by atoms with E-state index in [1.54, 1.807) is 7.11 Å². The summed E-state index contributed by atoms with van der Waals surface area (Å²) in [6.45, 7) is 6.59. The molecule has 1 aliphatic rings. The molecule has 0 aromatic carbocycles. The Kier molecular flexibility index (Phi) is 4.35. The van der Waals surface area contributed by atoms with Crippen LogP contribution in [0.1, 0.15) is 20.3 Å². The molecule has 0 saturated carbocycles. The molecule has 1 rings (SSSR count). The number of ether oxygens (including phenoxy) is 1. The second-order valence-electron chi connectivity index (χ2n) is 3.72. The number of hydrogen-bond donors (Lipinski definition) is 1. The Labute approximate surface area is 85.6 Å². The lowest BCUT2D eigenvalue weighted by Crippen LogP contribution is -2.55. The van der Waals surface area contributed by atoms with Gasteiger partial charge in [0.15, 0.2) is 0 Å². The van der Waals surface area contributed by atoms with E-state index in [2.05, 4.69) is 12.2 Å². The molecule has 1 N–H and O–H groups in total. The molecule has 0 radical (unpaired) electrons. The second kappa shape index (κ2) is 5.32. The molecule has 0 bridgehead atoms. The summed E-state index contributed by atoms with van der Waals surface area (Å²) in [4.78, 5) is 13.9. The molecule has 0 aromatic rings. The number of carbonyl (C=O) groups is 1. The largest absolute Gasteiger partial charge is 0.372 e. The average Bonchev–Trinajstić information content (AvgIpc) is 2.20. The van der Waals surface area contributed by atoms with Gasteiger partial charge in [0.05, 0.1) is 0 Å². The molecule has 1 unspecified atom stereocenters. The van der Waals surface area contributed by atoms with Gasteiger partial charge in [0.2, 0.25) is 0 Å². The van der Waals surface area contributed by atoms with Crippen molar-refractivity contribution < 1.29 is 9.53 Å². The first-order chi connectivity index (χ1) is 6.70. The van der Waals surface area contributed by atoms with Crippen molar-refractivity contribution in [2.45, 2.75) is 32.4 Å². The monoisotopic (exact) mass is 200 g/mol. The topological polar surface area (TPSA) is 41.6 Å².